The number of aromatic nitrogens is 2. The van der Waals surface area contributed by atoms with Crippen LogP contribution in [0.25, 0.3) is 28.9 Å². The highest BCUT2D eigenvalue weighted by Gasteiger charge is 2.15. The van der Waals surface area contributed by atoms with Crippen molar-refractivity contribution in [3.63, 3.8) is 0 Å². The molecule has 0 radical (unpaired) electrons. The second kappa shape index (κ2) is 8.05. The molecule has 2 aromatic carbocycles. The summed E-state index contributed by atoms with van der Waals surface area (Å²) in [4.78, 5) is 15.2. The average Bonchev–Trinajstić information content (AvgIpc) is 3.15. The molecular weight excluding hydrogens is 347 g/mol. The Morgan fingerprint density at radius 1 is 1.15 bits per heavy atom. The molecule has 6 heteroatoms. The summed E-state index contributed by atoms with van der Waals surface area (Å²) in [6.07, 6.45) is 8.72. The minimum absolute atomic E-state index is 0.0188. The highest BCUT2D eigenvalue weighted by Crippen LogP contribution is 2.26. The predicted molar refractivity (Wildman–Crippen MR) is 100 cm³/mol. The summed E-state index contributed by atoms with van der Waals surface area (Å²) >= 11 is 0. The number of rotatable bonds is 6. The molecule has 0 amide bonds. The minimum atomic E-state index is -1.06. The van der Waals surface area contributed by atoms with E-state index in [4.69, 9.17) is 9.63 Å². The molecule has 0 aliphatic rings. The first-order valence-electron chi connectivity index (χ1n) is 8.01. The van der Waals surface area contributed by atoms with Crippen LogP contribution in [-0.4, -0.2) is 21.2 Å². The van der Waals surface area contributed by atoms with Crippen LogP contribution in [0.5, 0.6) is 0 Å². The van der Waals surface area contributed by atoms with Gasteiger partial charge in [-0.2, -0.15) is 4.98 Å². The Hall–Kier alpha value is -3.80. The van der Waals surface area contributed by atoms with E-state index in [1.165, 1.54) is 18.2 Å². The third-order valence-electron chi connectivity index (χ3n) is 3.66. The number of halogens is 1. The van der Waals surface area contributed by atoms with Gasteiger partial charge < -0.3 is 9.63 Å². The molecule has 0 unspecified atom stereocenters. The topological polar surface area (TPSA) is 76.2 Å². The first kappa shape index (κ1) is 18.0. The lowest BCUT2D eigenvalue weighted by Crippen LogP contribution is -1.96. The average molecular weight is 362 g/mol. The van der Waals surface area contributed by atoms with E-state index in [0.29, 0.717) is 11.1 Å². The smallest absolute Gasteiger partial charge is 0.335 e. The van der Waals surface area contributed by atoms with E-state index in [-0.39, 0.29) is 22.8 Å². The predicted octanol–water partition coefficient (Wildman–Crippen LogP) is 5.00. The molecule has 134 valence electrons. The molecule has 0 saturated heterocycles. The van der Waals surface area contributed by atoms with Crippen molar-refractivity contribution in [2.24, 2.45) is 0 Å². The van der Waals surface area contributed by atoms with Crippen LogP contribution in [0.3, 0.4) is 0 Å². The first-order chi connectivity index (χ1) is 13.1. The second-order valence-corrected chi connectivity index (χ2v) is 5.53. The SMILES string of the molecule is C=C/C=C\C=C\c1ccc(-c2nc(-c3cccc(C(=O)O)c3)no2)c(F)c1. The Morgan fingerprint density at radius 2 is 2.00 bits per heavy atom. The van der Waals surface area contributed by atoms with Gasteiger partial charge in [0.05, 0.1) is 11.1 Å². The van der Waals surface area contributed by atoms with Gasteiger partial charge in [-0.25, -0.2) is 9.18 Å². The van der Waals surface area contributed by atoms with Gasteiger partial charge >= 0.3 is 5.97 Å². The molecule has 1 aromatic heterocycles. The van der Waals surface area contributed by atoms with E-state index in [2.05, 4.69) is 16.7 Å². The van der Waals surface area contributed by atoms with Crippen LogP contribution in [0, 0.1) is 5.82 Å². The van der Waals surface area contributed by atoms with Crippen molar-refractivity contribution in [3.05, 3.63) is 90.3 Å². The van der Waals surface area contributed by atoms with Crippen LogP contribution in [0.4, 0.5) is 4.39 Å². The largest absolute Gasteiger partial charge is 0.478 e. The first-order valence-corrected chi connectivity index (χ1v) is 8.01. The summed E-state index contributed by atoms with van der Waals surface area (Å²) in [5.74, 6) is -1.35. The molecule has 1 heterocycles. The summed E-state index contributed by atoms with van der Waals surface area (Å²) in [6, 6.07) is 10.8. The van der Waals surface area contributed by atoms with Gasteiger partial charge in [0.2, 0.25) is 5.82 Å². The van der Waals surface area contributed by atoms with Crippen molar-refractivity contribution < 1.29 is 18.8 Å². The third kappa shape index (κ3) is 4.24. The van der Waals surface area contributed by atoms with Gasteiger partial charge in [0.1, 0.15) is 5.82 Å². The number of benzene rings is 2. The quantitative estimate of drug-likeness (QED) is 0.625. The maximum Gasteiger partial charge on any atom is 0.335 e. The molecule has 0 atom stereocenters. The van der Waals surface area contributed by atoms with E-state index in [1.54, 1.807) is 54.6 Å². The van der Waals surface area contributed by atoms with Crippen LogP contribution >= 0.6 is 0 Å². The molecule has 5 nitrogen and oxygen atoms in total. The molecule has 0 aliphatic carbocycles. The van der Waals surface area contributed by atoms with Crippen LogP contribution in [0.1, 0.15) is 15.9 Å². The fraction of sp³-hybridized carbons (Fsp3) is 0. The molecule has 27 heavy (non-hydrogen) atoms. The van der Waals surface area contributed by atoms with Crippen molar-refractivity contribution in [2.45, 2.75) is 0 Å². The Balaban J connectivity index is 1.87. The maximum absolute atomic E-state index is 14.4. The molecule has 0 saturated carbocycles. The number of allylic oxidation sites excluding steroid dienone is 4. The molecule has 0 fully saturated rings. The van der Waals surface area contributed by atoms with Crippen molar-refractivity contribution in [1.29, 1.82) is 0 Å². The zero-order chi connectivity index (χ0) is 19.2. The minimum Gasteiger partial charge on any atom is -0.478 e. The standard InChI is InChI=1S/C21H15FN2O3/c1-2-3-4-5-7-14-10-11-17(18(22)12-14)20-23-19(24-27-20)15-8-6-9-16(13-15)21(25)26/h2-13H,1H2,(H,25,26)/b4-3-,7-5+. The number of carbonyl (C=O) groups is 1. The summed E-state index contributed by atoms with van der Waals surface area (Å²) in [6.45, 7) is 3.57. The van der Waals surface area contributed by atoms with Gasteiger partial charge in [-0.1, -0.05) is 60.3 Å². The molecule has 0 aliphatic heterocycles. The molecular formula is C21H15FN2O3. The zero-order valence-corrected chi connectivity index (χ0v) is 14.2. The van der Waals surface area contributed by atoms with E-state index in [9.17, 15) is 9.18 Å². The van der Waals surface area contributed by atoms with Crippen molar-refractivity contribution in [2.75, 3.05) is 0 Å². The maximum atomic E-state index is 14.4. The number of carboxylic acid groups (broad SMARTS) is 1. The lowest BCUT2D eigenvalue weighted by Gasteiger charge is -1.99. The molecule has 3 rings (SSSR count). The van der Waals surface area contributed by atoms with E-state index < -0.39 is 11.8 Å². The number of hydrogen-bond acceptors (Lipinski definition) is 4. The van der Waals surface area contributed by atoms with Crippen LogP contribution in [-0.2, 0) is 0 Å². The second-order valence-electron chi connectivity index (χ2n) is 5.53. The van der Waals surface area contributed by atoms with Crippen LogP contribution in [0.2, 0.25) is 0 Å². The Morgan fingerprint density at radius 3 is 2.74 bits per heavy atom. The molecule has 1 N–H and O–H groups in total. The fourth-order valence-electron chi connectivity index (χ4n) is 2.36. The molecule has 0 spiro atoms. The lowest BCUT2D eigenvalue weighted by atomic mass is 10.1. The van der Waals surface area contributed by atoms with Crippen molar-refractivity contribution in [1.82, 2.24) is 10.1 Å². The van der Waals surface area contributed by atoms with E-state index in [1.807, 2.05) is 0 Å². The van der Waals surface area contributed by atoms with Gasteiger partial charge in [0, 0.05) is 5.56 Å². The van der Waals surface area contributed by atoms with Gasteiger partial charge in [-0.3, -0.25) is 0 Å². The third-order valence-corrected chi connectivity index (χ3v) is 3.66. The van der Waals surface area contributed by atoms with Crippen molar-refractivity contribution >= 4 is 12.0 Å². The number of carboxylic acids is 1. The number of aromatic carboxylic acids is 1. The van der Waals surface area contributed by atoms with Crippen molar-refractivity contribution in [3.8, 4) is 22.8 Å². The van der Waals surface area contributed by atoms with Gasteiger partial charge in [-0.15, -0.1) is 0 Å². The Kier molecular flexibility index (Phi) is 5.37. The normalized spacial score (nSPS) is 11.3. The lowest BCUT2D eigenvalue weighted by molar-refractivity contribution is 0.0697. The van der Waals surface area contributed by atoms with Crippen LogP contribution < -0.4 is 0 Å². The van der Waals surface area contributed by atoms with E-state index >= 15 is 0 Å². The highest BCUT2D eigenvalue weighted by molar-refractivity contribution is 5.89. The van der Waals surface area contributed by atoms with Gasteiger partial charge in [-0.05, 0) is 29.8 Å². The Bertz CT molecular complexity index is 1050. The summed E-state index contributed by atoms with van der Waals surface area (Å²) in [5.41, 5.74) is 1.42. The zero-order valence-electron chi connectivity index (χ0n) is 14.2. The Labute approximate surface area is 154 Å². The summed E-state index contributed by atoms with van der Waals surface area (Å²) < 4.78 is 19.6. The van der Waals surface area contributed by atoms with Crippen LogP contribution in [0.15, 0.2) is 77.9 Å². The monoisotopic (exact) mass is 362 g/mol. The summed E-state index contributed by atoms with van der Waals surface area (Å²) in [5, 5.41) is 12.9. The number of hydrogen-bond donors (Lipinski definition) is 1. The number of nitrogens with zero attached hydrogens (tertiary/aromatic N) is 2. The molecule has 0 bridgehead atoms. The van der Waals surface area contributed by atoms with Gasteiger partial charge in [0.25, 0.3) is 5.89 Å². The molecule has 3 aromatic rings. The summed E-state index contributed by atoms with van der Waals surface area (Å²) in [7, 11) is 0. The van der Waals surface area contributed by atoms with E-state index in [0.717, 1.165) is 0 Å². The highest BCUT2D eigenvalue weighted by atomic mass is 19.1. The van der Waals surface area contributed by atoms with Gasteiger partial charge in [0.15, 0.2) is 0 Å². The fourth-order valence-corrected chi connectivity index (χ4v) is 2.36.